The van der Waals surface area contributed by atoms with Gasteiger partial charge in [-0.05, 0) is 44.4 Å². The molecule has 0 spiro atoms. The van der Waals surface area contributed by atoms with E-state index < -0.39 is 23.1 Å². The Bertz CT molecular complexity index is 791. The van der Waals surface area contributed by atoms with Crippen molar-refractivity contribution < 1.29 is 23.4 Å². The summed E-state index contributed by atoms with van der Waals surface area (Å²) >= 11 is 0. The van der Waals surface area contributed by atoms with Gasteiger partial charge in [-0.1, -0.05) is 0 Å². The molecule has 1 aromatic heterocycles. The highest BCUT2D eigenvalue weighted by Gasteiger charge is 2.34. The predicted molar refractivity (Wildman–Crippen MR) is 84.0 cm³/mol. The molecule has 0 radical (unpaired) electrons. The largest absolute Gasteiger partial charge is 0.507 e. The molecule has 0 aliphatic heterocycles. The molecule has 0 saturated heterocycles. The van der Waals surface area contributed by atoms with Crippen LogP contribution in [-0.4, -0.2) is 37.5 Å². The van der Waals surface area contributed by atoms with Crippen LogP contribution in [0.4, 0.5) is 19.1 Å². The lowest BCUT2D eigenvalue weighted by atomic mass is 9.80. The zero-order valence-corrected chi connectivity index (χ0v) is 13.4. The number of halogens is 3. The lowest BCUT2D eigenvalue weighted by Gasteiger charge is -2.36. The molecule has 0 bridgehead atoms. The number of aromatic nitrogens is 3. The van der Waals surface area contributed by atoms with E-state index in [9.17, 15) is 23.4 Å². The molecule has 134 valence electrons. The van der Waals surface area contributed by atoms with E-state index in [0.29, 0.717) is 31.1 Å². The minimum atomic E-state index is -4.54. The van der Waals surface area contributed by atoms with E-state index in [1.165, 1.54) is 0 Å². The van der Waals surface area contributed by atoms with Crippen molar-refractivity contribution in [1.82, 2.24) is 15.2 Å². The van der Waals surface area contributed by atoms with E-state index in [4.69, 9.17) is 0 Å². The SMILES string of the molecule is Cc1nc(NCC2(O)CCC2)nnc1-c1ccc(C(F)(F)F)cc1O. The number of alkyl halides is 3. The van der Waals surface area contributed by atoms with Crippen molar-refractivity contribution in [2.45, 2.75) is 38.0 Å². The Morgan fingerprint density at radius 1 is 1.24 bits per heavy atom. The van der Waals surface area contributed by atoms with Crippen LogP contribution >= 0.6 is 0 Å². The van der Waals surface area contributed by atoms with Crippen molar-refractivity contribution in [3.05, 3.63) is 29.5 Å². The van der Waals surface area contributed by atoms with Gasteiger partial charge in [-0.25, -0.2) is 4.98 Å². The van der Waals surface area contributed by atoms with Gasteiger partial charge >= 0.3 is 6.18 Å². The smallest absolute Gasteiger partial charge is 0.416 e. The highest BCUT2D eigenvalue weighted by molar-refractivity contribution is 5.69. The van der Waals surface area contributed by atoms with Gasteiger partial charge in [-0.15, -0.1) is 10.2 Å². The topological polar surface area (TPSA) is 91.2 Å². The number of phenolic OH excluding ortho intramolecular Hbond substituents is 1. The van der Waals surface area contributed by atoms with Crippen LogP contribution in [0.3, 0.4) is 0 Å². The van der Waals surface area contributed by atoms with Crippen LogP contribution in [0.5, 0.6) is 5.75 Å². The van der Waals surface area contributed by atoms with Crippen LogP contribution in [0.2, 0.25) is 0 Å². The zero-order valence-electron chi connectivity index (χ0n) is 13.4. The van der Waals surface area contributed by atoms with Crippen LogP contribution in [-0.2, 0) is 6.18 Å². The normalized spacial score (nSPS) is 16.4. The second-order valence-electron chi connectivity index (χ2n) is 6.23. The van der Waals surface area contributed by atoms with E-state index >= 15 is 0 Å². The summed E-state index contributed by atoms with van der Waals surface area (Å²) in [5, 5.41) is 30.7. The minimum Gasteiger partial charge on any atom is -0.507 e. The molecule has 1 saturated carbocycles. The summed E-state index contributed by atoms with van der Waals surface area (Å²) in [6, 6.07) is 2.66. The first-order valence-corrected chi connectivity index (χ1v) is 7.76. The number of aromatic hydroxyl groups is 1. The summed E-state index contributed by atoms with van der Waals surface area (Å²) in [5.41, 5.74) is -0.983. The number of aliphatic hydroxyl groups is 1. The van der Waals surface area contributed by atoms with Crippen molar-refractivity contribution >= 4 is 5.95 Å². The summed E-state index contributed by atoms with van der Waals surface area (Å²) in [6.45, 7) is 1.92. The number of aryl methyl sites for hydroxylation is 1. The summed E-state index contributed by atoms with van der Waals surface area (Å²) < 4.78 is 38.0. The van der Waals surface area contributed by atoms with Crippen molar-refractivity contribution in [2.75, 3.05) is 11.9 Å². The van der Waals surface area contributed by atoms with Crippen LogP contribution in [0.15, 0.2) is 18.2 Å². The van der Waals surface area contributed by atoms with Crippen LogP contribution in [0.1, 0.15) is 30.5 Å². The molecule has 2 aromatic rings. The third kappa shape index (κ3) is 3.65. The van der Waals surface area contributed by atoms with Gasteiger partial charge in [0, 0.05) is 12.1 Å². The number of benzene rings is 1. The summed E-state index contributed by atoms with van der Waals surface area (Å²) in [5.74, 6) is -0.327. The van der Waals surface area contributed by atoms with Gasteiger partial charge in [0.05, 0.1) is 16.9 Å². The Kier molecular flexibility index (Phi) is 4.28. The highest BCUT2D eigenvalue weighted by atomic mass is 19.4. The maximum Gasteiger partial charge on any atom is 0.416 e. The Morgan fingerprint density at radius 3 is 2.48 bits per heavy atom. The molecule has 0 unspecified atom stereocenters. The van der Waals surface area contributed by atoms with E-state index in [1.807, 2.05) is 0 Å². The summed E-state index contributed by atoms with van der Waals surface area (Å²) in [6.07, 6.45) is -2.14. The van der Waals surface area contributed by atoms with Crippen molar-refractivity contribution in [3.8, 4) is 17.0 Å². The number of anilines is 1. The first-order valence-electron chi connectivity index (χ1n) is 7.76. The molecule has 0 atom stereocenters. The molecular weight excluding hydrogens is 337 g/mol. The Labute approximate surface area is 141 Å². The van der Waals surface area contributed by atoms with Crippen molar-refractivity contribution in [3.63, 3.8) is 0 Å². The molecule has 9 heteroatoms. The summed E-state index contributed by atoms with van der Waals surface area (Å²) in [7, 11) is 0. The van der Waals surface area contributed by atoms with Crippen molar-refractivity contribution in [2.24, 2.45) is 0 Å². The van der Waals surface area contributed by atoms with Gasteiger partial charge in [0.15, 0.2) is 0 Å². The maximum absolute atomic E-state index is 12.7. The first kappa shape index (κ1) is 17.4. The van der Waals surface area contributed by atoms with Gasteiger partial charge in [0.2, 0.25) is 5.95 Å². The third-order valence-electron chi connectivity index (χ3n) is 4.30. The molecule has 3 N–H and O–H groups in total. The second kappa shape index (κ2) is 6.14. The van der Waals surface area contributed by atoms with Gasteiger partial charge in [0.1, 0.15) is 11.4 Å². The number of hydrogen-bond donors (Lipinski definition) is 3. The van der Waals surface area contributed by atoms with Gasteiger partial charge in [-0.3, -0.25) is 0 Å². The highest BCUT2D eigenvalue weighted by Crippen LogP contribution is 2.36. The van der Waals surface area contributed by atoms with Crippen LogP contribution in [0, 0.1) is 6.92 Å². The standard InChI is InChI=1S/C16H17F3N4O2/c1-9-13(11-4-3-10(7-12(11)24)16(17,18)19)22-23-14(21-9)20-8-15(25)5-2-6-15/h3-4,7,24-25H,2,5-6,8H2,1H3,(H,20,21,23). The van der Waals surface area contributed by atoms with Crippen molar-refractivity contribution in [1.29, 1.82) is 0 Å². The van der Waals surface area contributed by atoms with E-state index in [-0.39, 0.29) is 17.2 Å². The fraction of sp³-hybridized carbons (Fsp3) is 0.438. The van der Waals surface area contributed by atoms with E-state index in [1.54, 1.807) is 6.92 Å². The molecule has 3 rings (SSSR count). The number of rotatable bonds is 4. The molecule has 6 nitrogen and oxygen atoms in total. The molecule has 1 aromatic carbocycles. The average Bonchev–Trinajstić information content (AvgIpc) is 2.51. The summed E-state index contributed by atoms with van der Waals surface area (Å²) in [4.78, 5) is 4.19. The van der Waals surface area contributed by atoms with Gasteiger partial charge in [0.25, 0.3) is 0 Å². The molecule has 25 heavy (non-hydrogen) atoms. The molecule has 1 aliphatic rings. The number of phenols is 1. The van der Waals surface area contributed by atoms with Gasteiger partial charge < -0.3 is 15.5 Å². The fourth-order valence-corrected chi connectivity index (χ4v) is 2.64. The molecular formula is C16H17F3N4O2. The number of hydrogen-bond acceptors (Lipinski definition) is 6. The lowest BCUT2D eigenvalue weighted by molar-refractivity contribution is -0.137. The Balaban J connectivity index is 1.81. The minimum absolute atomic E-state index is 0.120. The first-order chi connectivity index (χ1) is 11.7. The molecule has 1 aliphatic carbocycles. The molecule has 1 heterocycles. The van der Waals surface area contributed by atoms with E-state index in [2.05, 4.69) is 20.5 Å². The number of nitrogens with zero attached hydrogens (tertiary/aromatic N) is 3. The fourth-order valence-electron chi connectivity index (χ4n) is 2.64. The third-order valence-corrected chi connectivity index (χ3v) is 4.30. The van der Waals surface area contributed by atoms with Gasteiger partial charge in [-0.2, -0.15) is 13.2 Å². The van der Waals surface area contributed by atoms with E-state index in [0.717, 1.165) is 18.6 Å². The monoisotopic (exact) mass is 354 g/mol. The second-order valence-corrected chi connectivity index (χ2v) is 6.23. The molecule has 0 amide bonds. The zero-order chi connectivity index (χ0) is 18.2. The maximum atomic E-state index is 12.7. The average molecular weight is 354 g/mol. The predicted octanol–water partition coefficient (Wildman–Crippen LogP) is 2.90. The quantitative estimate of drug-likeness (QED) is 0.782. The van der Waals surface area contributed by atoms with Crippen LogP contribution < -0.4 is 5.32 Å². The lowest BCUT2D eigenvalue weighted by Crippen LogP contribution is -2.43. The van der Waals surface area contributed by atoms with Crippen LogP contribution in [0.25, 0.3) is 11.3 Å². The Hall–Kier alpha value is -2.42. The molecule has 1 fully saturated rings. The Morgan fingerprint density at radius 2 is 1.96 bits per heavy atom. The number of nitrogens with one attached hydrogen (secondary N) is 1.